The average Bonchev–Trinajstić information content (AvgIpc) is 3.41. The average molecular weight is 462 g/mol. The van der Waals surface area contributed by atoms with Gasteiger partial charge in [0.15, 0.2) is 5.11 Å². The van der Waals surface area contributed by atoms with E-state index in [0.29, 0.717) is 10.1 Å². The third-order valence-corrected chi connectivity index (χ3v) is 6.16. The van der Waals surface area contributed by atoms with Crippen molar-refractivity contribution in [3.05, 3.63) is 101 Å². The molecule has 5 nitrogen and oxygen atoms in total. The van der Waals surface area contributed by atoms with Crippen molar-refractivity contribution in [3.63, 3.8) is 0 Å². The topological polar surface area (TPSA) is 61.5 Å². The monoisotopic (exact) mass is 461 g/mol. The van der Waals surface area contributed by atoms with Crippen LogP contribution < -0.4 is 10.2 Å². The molecule has 4 aromatic rings. The molecule has 0 unspecified atom stereocenters. The van der Waals surface area contributed by atoms with Crippen molar-refractivity contribution in [3.8, 4) is 17.1 Å². The molecule has 5 rings (SSSR count). The van der Waals surface area contributed by atoms with Crippen molar-refractivity contribution < 1.29 is 9.52 Å². The Morgan fingerprint density at radius 1 is 1.06 bits per heavy atom. The minimum absolute atomic E-state index is 0.196. The molecular formula is C25H20ClN3O2S. The first kappa shape index (κ1) is 20.5. The maximum Gasteiger partial charge on any atom is 0.174 e. The lowest BCUT2D eigenvalue weighted by molar-refractivity contribution is 0.439. The highest BCUT2D eigenvalue weighted by atomic mass is 35.5. The van der Waals surface area contributed by atoms with Gasteiger partial charge < -0.3 is 19.7 Å². The number of rotatable bonds is 4. The summed E-state index contributed by atoms with van der Waals surface area (Å²) >= 11 is 11.9. The summed E-state index contributed by atoms with van der Waals surface area (Å²) in [5, 5.41) is 14.4. The standard InChI is InChI=1S/C25H20ClN3O2S/c1-15-5-6-16(26)14-19(15)21-11-12-22(31-21)24-23(20-4-2-3-13-27-20)28-25(32)29(24)17-7-9-18(30)10-8-17/h2-14,23-24,30H,1H3,(H,28,32)/t23-,24-/m0/s1. The Morgan fingerprint density at radius 3 is 2.62 bits per heavy atom. The number of anilines is 1. The molecule has 2 aromatic heterocycles. The zero-order valence-corrected chi connectivity index (χ0v) is 18.8. The van der Waals surface area contributed by atoms with Crippen LogP contribution in [0, 0.1) is 6.92 Å². The quantitative estimate of drug-likeness (QED) is 0.353. The minimum atomic E-state index is -0.268. The summed E-state index contributed by atoms with van der Waals surface area (Å²) in [7, 11) is 0. The fourth-order valence-electron chi connectivity index (χ4n) is 4.05. The number of phenolic OH excluding ortho intramolecular Hbond substituents is 1. The number of hydrogen-bond donors (Lipinski definition) is 2. The molecule has 0 radical (unpaired) electrons. The van der Waals surface area contributed by atoms with Crippen molar-refractivity contribution in [2.24, 2.45) is 0 Å². The van der Waals surface area contributed by atoms with Gasteiger partial charge in [-0.15, -0.1) is 0 Å². The Morgan fingerprint density at radius 2 is 1.88 bits per heavy atom. The van der Waals surface area contributed by atoms with Gasteiger partial charge in [0, 0.05) is 22.5 Å². The first-order valence-corrected chi connectivity index (χ1v) is 11.0. The molecule has 1 saturated heterocycles. The van der Waals surface area contributed by atoms with Gasteiger partial charge in [-0.05, 0) is 85.4 Å². The summed E-state index contributed by atoms with van der Waals surface area (Å²) in [4.78, 5) is 6.56. The lowest BCUT2D eigenvalue weighted by Crippen LogP contribution is -2.29. The van der Waals surface area contributed by atoms with Crippen LogP contribution in [0.2, 0.25) is 5.02 Å². The van der Waals surface area contributed by atoms with E-state index in [2.05, 4.69) is 10.3 Å². The van der Waals surface area contributed by atoms with Crippen molar-refractivity contribution in [1.82, 2.24) is 10.3 Å². The fourth-order valence-corrected chi connectivity index (χ4v) is 4.57. The van der Waals surface area contributed by atoms with Crippen LogP contribution in [-0.2, 0) is 0 Å². The molecule has 0 bridgehead atoms. The van der Waals surface area contributed by atoms with Crippen LogP contribution in [0.3, 0.4) is 0 Å². The number of pyridine rings is 1. The van der Waals surface area contributed by atoms with Gasteiger partial charge in [0.1, 0.15) is 23.3 Å². The smallest absolute Gasteiger partial charge is 0.174 e. The zero-order valence-electron chi connectivity index (χ0n) is 17.2. The molecule has 1 aliphatic heterocycles. The van der Waals surface area contributed by atoms with Crippen LogP contribution in [0.5, 0.6) is 5.75 Å². The van der Waals surface area contributed by atoms with E-state index in [-0.39, 0.29) is 17.8 Å². The molecule has 1 fully saturated rings. The number of furan rings is 1. The van der Waals surface area contributed by atoms with Crippen molar-refractivity contribution in [2.75, 3.05) is 4.90 Å². The van der Waals surface area contributed by atoms with Gasteiger partial charge in [0.05, 0.1) is 11.7 Å². The number of hydrogen-bond acceptors (Lipinski definition) is 4. The molecule has 0 saturated carbocycles. The van der Waals surface area contributed by atoms with Gasteiger partial charge in [-0.25, -0.2) is 0 Å². The summed E-state index contributed by atoms with van der Waals surface area (Å²) in [5.41, 5.74) is 3.73. The van der Waals surface area contributed by atoms with Gasteiger partial charge >= 0.3 is 0 Å². The molecule has 3 heterocycles. The normalized spacial score (nSPS) is 18.1. The van der Waals surface area contributed by atoms with Gasteiger partial charge in [-0.1, -0.05) is 23.7 Å². The number of thiocarbonyl (C=S) groups is 1. The van der Waals surface area contributed by atoms with Crippen LogP contribution in [-0.4, -0.2) is 15.2 Å². The highest BCUT2D eigenvalue weighted by molar-refractivity contribution is 7.80. The van der Waals surface area contributed by atoms with Gasteiger partial charge in [-0.2, -0.15) is 0 Å². The van der Waals surface area contributed by atoms with Crippen LogP contribution in [0.4, 0.5) is 5.69 Å². The molecule has 32 heavy (non-hydrogen) atoms. The van der Waals surface area contributed by atoms with Crippen LogP contribution in [0.15, 0.2) is 83.4 Å². The molecule has 1 aliphatic rings. The number of benzene rings is 2. The highest BCUT2D eigenvalue weighted by Gasteiger charge is 2.42. The minimum Gasteiger partial charge on any atom is -0.508 e. The third kappa shape index (κ3) is 3.72. The number of halogens is 1. The maximum absolute atomic E-state index is 9.75. The van der Waals surface area contributed by atoms with E-state index in [0.717, 1.165) is 34.0 Å². The summed E-state index contributed by atoms with van der Waals surface area (Å²) in [6.45, 7) is 2.03. The fraction of sp³-hybridized carbons (Fsp3) is 0.120. The summed E-state index contributed by atoms with van der Waals surface area (Å²) in [6, 6.07) is 22.0. The molecule has 0 amide bonds. The van der Waals surface area contributed by atoms with Crippen molar-refractivity contribution >= 4 is 34.6 Å². The summed E-state index contributed by atoms with van der Waals surface area (Å²) in [5.74, 6) is 1.68. The third-order valence-electron chi connectivity index (χ3n) is 5.61. The van der Waals surface area contributed by atoms with E-state index in [1.165, 1.54) is 0 Å². The Labute approximate surface area is 196 Å². The van der Waals surface area contributed by atoms with Crippen LogP contribution >= 0.6 is 23.8 Å². The molecular weight excluding hydrogens is 442 g/mol. The van der Waals surface area contributed by atoms with E-state index >= 15 is 0 Å². The number of aryl methyl sites for hydroxylation is 1. The Kier molecular flexibility index (Phi) is 5.33. The second kappa shape index (κ2) is 8.30. The number of nitrogens with one attached hydrogen (secondary N) is 1. The Bertz CT molecular complexity index is 1270. The number of aromatic nitrogens is 1. The summed E-state index contributed by atoms with van der Waals surface area (Å²) in [6.07, 6.45) is 1.77. The van der Waals surface area contributed by atoms with Gasteiger partial charge in [0.2, 0.25) is 0 Å². The van der Waals surface area contributed by atoms with Crippen molar-refractivity contribution in [1.29, 1.82) is 0 Å². The molecule has 7 heteroatoms. The van der Waals surface area contributed by atoms with Crippen molar-refractivity contribution in [2.45, 2.75) is 19.0 Å². The van der Waals surface area contributed by atoms with E-state index in [9.17, 15) is 5.11 Å². The van der Waals surface area contributed by atoms with E-state index in [1.807, 2.05) is 72.5 Å². The molecule has 160 valence electrons. The first-order chi connectivity index (χ1) is 15.5. The number of phenols is 1. The Hall–Kier alpha value is -3.35. The van der Waals surface area contributed by atoms with E-state index in [4.69, 9.17) is 28.2 Å². The largest absolute Gasteiger partial charge is 0.508 e. The molecule has 0 spiro atoms. The molecule has 2 atom stereocenters. The predicted octanol–water partition coefficient (Wildman–Crippen LogP) is 6.19. The molecule has 0 aliphatic carbocycles. The van der Waals surface area contributed by atoms with Gasteiger partial charge in [0.25, 0.3) is 0 Å². The molecule has 2 N–H and O–H groups in total. The lowest BCUT2D eigenvalue weighted by atomic mass is 10.0. The van der Waals surface area contributed by atoms with Crippen LogP contribution in [0.1, 0.15) is 29.1 Å². The van der Waals surface area contributed by atoms with Gasteiger partial charge in [-0.3, -0.25) is 4.98 Å². The first-order valence-electron chi connectivity index (χ1n) is 10.2. The number of aromatic hydroxyl groups is 1. The maximum atomic E-state index is 9.75. The predicted molar refractivity (Wildman–Crippen MR) is 130 cm³/mol. The second-order valence-electron chi connectivity index (χ2n) is 7.67. The zero-order chi connectivity index (χ0) is 22.2. The second-order valence-corrected chi connectivity index (χ2v) is 8.50. The summed E-state index contributed by atoms with van der Waals surface area (Å²) < 4.78 is 6.39. The van der Waals surface area contributed by atoms with E-state index in [1.54, 1.807) is 18.3 Å². The highest BCUT2D eigenvalue weighted by Crippen LogP contribution is 2.43. The van der Waals surface area contributed by atoms with Crippen LogP contribution in [0.25, 0.3) is 11.3 Å². The lowest BCUT2D eigenvalue weighted by Gasteiger charge is -2.26. The van der Waals surface area contributed by atoms with E-state index < -0.39 is 0 Å². The Balaban J connectivity index is 1.61. The molecule has 2 aromatic carbocycles. The SMILES string of the molecule is Cc1ccc(Cl)cc1-c1ccc([C@H]2[C@H](c3ccccn3)NC(=S)N2c2ccc(O)cc2)o1. The number of nitrogens with zero attached hydrogens (tertiary/aromatic N) is 2.